The summed E-state index contributed by atoms with van der Waals surface area (Å²) in [5.41, 5.74) is 0.539. The Morgan fingerprint density at radius 1 is 1.38 bits per heavy atom. The summed E-state index contributed by atoms with van der Waals surface area (Å²) in [7, 11) is 0. The molecule has 0 spiro atoms. The van der Waals surface area contributed by atoms with Gasteiger partial charge in [0.25, 0.3) is 0 Å². The Morgan fingerprint density at radius 3 is 2.76 bits per heavy atom. The monoisotopic (exact) mass is 309 g/mol. The van der Waals surface area contributed by atoms with Gasteiger partial charge < -0.3 is 0 Å². The molecule has 1 aliphatic carbocycles. The molecule has 0 unspecified atom stereocenters. The largest absolute Gasteiger partial charge is 0.293 e. The first kappa shape index (κ1) is 16.0. The molecule has 1 aromatic carbocycles. The van der Waals surface area contributed by atoms with Gasteiger partial charge in [0.15, 0.2) is 5.78 Å². The minimum absolute atomic E-state index is 0.0150. The van der Waals surface area contributed by atoms with E-state index in [1.165, 1.54) is 0 Å². The van der Waals surface area contributed by atoms with Crippen LogP contribution in [0.2, 0.25) is 0 Å². The van der Waals surface area contributed by atoms with Crippen LogP contribution >= 0.6 is 11.8 Å². The van der Waals surface area contributed by atoms with Crippen molar-refractivity contribution in [1.29, 1.82) is 5.26 Å². The van der Waals surface area contributed by atoms with Crippen molar-refractivity contribution in [2.24, 2.45) is 5.92 Å². The molecule has 0 amide bonds. The van der Waals surface area contributed by atoms with E-state index in [0.29, 0.717) is 24.3 Å². The number of Topliss-reactive ketones (excluding diaryl/α,β-unsaturated/α-hetero) is 1. The lowest BCUT2D eigenvalue weighted by atomic mass is 9.88. The number of benzene rings is 1. The van der Waals surface area contributed by atoms with Gasteiger partial charge in [-0.3, -0.25) is 4.79 Å². The average molecular weight is 309 g/mol. The number of ketones is 1. The number of nitrogens with zero attached hydrogens (tertiary/aromatic N) is 1. The summed E-state index contributed by atoms with van der Waals surface area (Å²) in [5, 5.41) is 8.55. The Balaban J connectivity index is 1.88. The number of alkyl halides is 2. The molecule has 0 radical (unpaired) electrons. The first-order valence-corrected chi connectivity index (χ1v) is 7.99. The van der Waals surface area contributed by atoms with Crippen LogP contribution in [-0.4, -0.2) is 17.5 Å². The van der Waals surface area contributed by atoms with E-state index in [4.69, 9.17) is 5.26 Å². The van der Waals surface area contributed by atoms with E-state index < -0.39 is 5.92 Å². The molecule has 2 nitrogen and oxygen atoms in total. The van der Waals surface area contributed by atoms with Gasteiger partial charge in [-0.25, -0.2) is 8.78 Å². The molecule has 2 rings (SSSR count). The fourth-order valence-electron chi connectivity index (χ4n) is 2.41. The van der Waals surface area contributed by atoms with E-state index >= 15 is 0 Å². The summed E-state index contributed by atoms with van der Waals surface area (Å²) in [4.78, 5) is 12.6. The molecule has 21 heavy (non-hydrogen) atoms. The molecule has 0 N–H and O–H groups in total. The highest BCUT2D eigenvalue weighted by Crippen LogP contribution is 2.38. The maximum atomic E-state index is 13.1. The minimum Gasteiger partial charge on any atom is -0.293 e. The Bertz CT molecular complexity index is 543. The lowest BCUT2D eigenvalue weighted by Crippen LogP contribution is -2.25. The van der Waals surface area contributed by atoms with Gasteiger partial charge in [0.1, 0.15) is 0 Å². The van der Waals surface area contributed by atoms with Gasteiger partial charge in [-0.05, 0) is 30.9 Å². The van der Waals surface area contributed by atoms with E-state index in [2.05, 4.69) is 0 Å². The second-order valence-electron chi connectivity index (χ2n) is 5.40. The molecule has 0 bridgehead atoms. The summed E-state index contributed by atoms with van der Waals surface area (Å²) in [6.45, 7) is 0. The van der Waals surface area contributed by atoms with Crippen LogP contribution in [0, 0.1) is 17.2 Å². The van der Waals surface area contributed by atoms with Crippen LogP contribution in [0.15, 0.2) is 29.2 Å². The van der Waals surface area contributed by atoms with Crippen LogP contribution in [0.3, 0.4) is 0 Å². The molecule has 1 aromatic rings. The van der Waals surface area contributed by atoms with Crippen molar-refractivity contribution in [3.63, 3.8) is 0 Å². The number of hydrogen-bond donors (Lipinski definition) is 0. The summed E-state index contributed by atoms with van der Waals surface area (Å²) in [5.74, 6) is -1.55. The van der Waals surface area contributed by atoms with E-state index in [1.54, 1.807) is 30.0 Å². The van der Waals surface area contributed by atoms with Crippen molar-refractivity contribution >= 4 is 17.5 Å². The fourth-order valence-corrected chi connectivity index (χ4v) is 3.56. The van der Waals surface area contributed by atoms with Crippen LogP contribution in [0.1, 0.15) is 42.5 Å². The molecule has 5 heteroatoms. The second kappa shape index (κ2) is 7.04. The topological polar surface area (TPSA) is 40.9 Å². The highest BCUT2D eigenvalue weighted by atomic mass is 32.2. The van der Waals surface area contributed by atoms with Gasteiger partial charge in [-0.15, -0.1) is 11.8 Å². The third-order valence-electron chi connectivity index (χ3n) is 3.72. The molecular weight excluding hydrogens is 292 g/mol. The maximum absolute atomic E-state index is 13.1. The summed E-state index contributed by atoms with van der Waals surface area (Å²) in [6.07, 6.45) is 0.976. The van der Waals surface area contributed by atoms with Gasteiger partial charge in [0, 0.05) is 29.1 Å². The lowest BCUT2D eigenvalue weighted by molar-refractivity contribution is -0.0433. The average Bonchev–Trinajstić information content (AvgIpc) is 2.47. The molecule has 1 aliphatic rings. The number of carbonyl (C=O) groups is 1. The van der Waals surface area contributed by atoms with E-state index in [1.807, 2.05) is 12.1 Å². The minimum atomic E-state index is -2.48. The van der Waals surface area contributed by atoms with Crippen molar-refractivity contribution in [2.45, 2.75) is 42.9 Å². The quantitative estimate of drug-likeness (QED) is 0.584. The second-order valence-corrected chi connectivity index (χ2v) is 6.49. The highest BCUT2D eigenvalue weighted by Gasteiger charge is 2.34. The Kier molecular flexibility index (Phi) is 5.35. The normalized spacial score (nSPS) is 18.1. The molecule has 0 aromatic heterocycles. The number of thioether (sulfide) groups is 1. The standard InChI is InChI=1S/C16H17F2NOS/c17-16(18)7-4-12(5-8-16)11-21-14-3-1-2-13(10-14)15(20)6-9-19/h1-3,10,12H,4-8,11H2. The zero-order valence-electron chi connectivity index (χ0n) is 11.6. The van der Waals surface area contributed by atoms with E-state index in [0.717, 1.165) is 10.6 Å². The fraction of sp³-hybridized carbons (Fsp3) is 0.500. The van der Waals surface area contributed by atoms with Crippen LogP contribution in [0.5, 0.6) is 0 Å². The summed E-state index contributed by atoms with van der Waals surface area (Å²) < 4.78 is 26.2. The zero-order valence-corrected chi connectivity index (χ0v) is 12.5. The maximum Gasteiger partial charge on any atom is 0.248 e. The van der Waals surface area contributed by atoms with E-state index in [-0.39, 0.29) is 25.0 Å². The van der Waals surface area contributed by atoms with Crippen molar-refractivity contribution in [2.75, 3.05) is 5.75 Å². The van der Waals surface area contributed by atoms with Gasteiger partial charge in [0.2, 0.25) is 5.92 Å². The number of carbonyl (C=O) groups excluding carboxylic acids is 1. The molecule has 1 saturated carbocycles. The van der Waals surface area contributed by atoms with Crippen molar-refractivity contribution in [3.8, 4) is 6.07 Å². The molecule has 0 aliphatic heterocycles. The predicted octanol–water partition coefficient (Wildman–Crippen LogP) is 4.70. The van der Waals surface area contributed by atoms with Gasteiger partial charge >= 0.3 is 0 Å². The van der Waals surface area contributed by atoms with Crippen molar-refractivity contribution < 1.29 is 13.6 Å². The molecular formula is C16H17F2NOS. The zero-order chi connectivity index (χ0) is 15.3. The highest BCUT2D eigenvalue weighted by molar-refractivity contribution is 7.99. The third-order valence-corrected chi connectivity index (χ3v) is 4.94. The number of rotatable bonds is 5. The Hall–Kier alpha value is -1.41. The number of hydrogen-bond acceptors (Lipinski definition) is 3. The molecule has 0 heterocycles. The lowest BCUT2D eigenvalue weighted by Gasteiger charge is -2.27. The van der Waals surface area contributed by atoms with Crippen LogP contribution in [-0.2, 0) is 0 Å². The first-order valence-electron chi connectivity index (χ1n) is 7.01. The number of halogens is 2. The molecule has 0 atom stereocenters. The number of nitriles is 1. The van der Waals surface area contributed by atoms with Crippen molar-refractivity contribution in [3.05, 3.63) is 29.8 Å². The SMILES string of the molecule is N#CCC(=O)c1cccc(SCC2CCC(F)(F)CC2)c1. The smallest absolute Gasteiger partial charge is 0.248 e. The van der Waals surface area contributed by atoms with Crippen LogP contribution < -0.4 is 0 Å². The van der Waals surface area contributed by atoms with Gasteiger partial charge in [-0.2, -0.15) is 5.26 Å². The predicted molar refractivity (Wildman–Crippen MR) is 78.6 cm³/mol. The Labute approximate surface area is 127 Å². The molecule has 1 fully saturated rings. The van der Waals surface area contributed by atoms with E-state index in [9.17, 15) is 13.6 Å². The van der Waals surface area contributed by atoms with Crippen molar-refractivity contribution in [1.82, 2.24) is 0 Å². The molecule has 112 valence electrons. The Morgan fingerprint density at radius 2 is 2.10 bits per heavy atom. The van der Waals surface area contributed by atoms with Crippen LogP contribution in [0.25, 0.3) is 0 Å². The third kappa shape index (κ3) is 4.82. The molecule has 0 saturated heterocycles. The summed E-state index contributed by atoms with van der Waals surface area (Å²) in [6, 6.07) is 9.03. The van der Waals surface area contributed by atoms with Gasteiger partial charge in [-0.1, -0.05) is 12.1 Å². The first-order chi connectivity index (χ1) is 10.00. The van der Waals surface area contributed by atoms with Crippen LogP contribution in [0.4, 0.5) is 8.78 Å². The summed E-state index contributed by atoms with van der Waals surface area (Å²) >= 11 is 1.60. The van der Waals surface area contributed by atoms with Gasteiger partial charge in [0.05, 0.1) is 12.5 Å².